The monoisotopic (exact) mass is 389 g/mol. The van der Waals surface area contributed by atoms with E-state index in [1.165, 1.54) is 12.1 Å². The zero-order valence-corrected chi connectivity index (χ0v) is 13.7. The van der Waals surface area contributed by atoms with Crippen LogP contribution >= 0.6 is 0 Å². The number of hydrogen-bond donors (Lipinski definition) is 0. The lowest BCUT2D eigenvalue weighted by Gasteiger charge is -2.10. The number of halogens is 4. The molecule has 0 radical (unpaired) electrons. The number of rotatable bonds is 3. The number of ether oxygens (including phenoxy) is 2. The molecule has 0 atom stereocenters. The molecule has 7 heteroatoms. The molecule has 23 heavy (non-hydrogen) atoms. The topological polar surface area (TPSA) is 22.3 Å². The molecule has 1 aromatic heterocycles. The lowest BCUT2D eigenvalue weighted by Crippen LogP contribution is -3.00. The van der Waals surface area contributed by atoms with Gasteiger partial charge in [0.15, 0.2) is 12.7 Å². The van der Waals surface area contributed by atoms with Crippen molar-refractivity contribution >= 4 is 0 Å². The van der Waals surface area contributed by atoms with Crippen molar-refractivity contribution in [3.63, 3.8) is 0 Å². The molecule has 1 aromatic carbocycles. The number of benzene rings is 1. The van der Waals surface area contributed by atoms with Crippen LogP contribution in [0.1, 0.15) is 23.1 Å². The van der Waals surface area contributed by atoms with Gasteiger partial charge in [0, 0.05) is 17.7 Å². The average molecular weight is 390 g/mol. The zero-order chi connectivity index (χ0) is 15.6. The molecule has 1 saturated heterocycles. The van der Waals surface area contributed by atoms with E-state index < -0.39 is 18.0 Å². The smallest absolute Gasteiger partial charge is 0.416 e. The molecule has 1 fully saturated rings. The highest BCUT2D eigenvalue weighted by atomic mass is 79.9. The third-order valence-corrected chi connectivity index (χ3v) is 3.47. The second-order valence-electron chi connectivity index (χ2n) is 5.02. The van der Waals surface area contributed by atoms with E-state index in [9.17, 15) is 13.2 Å². The Kier molecular flexibility index (Phi) is 5.78. The minimum absolute atomic E-state index is 0. The Morgan fingerprint density at radius 3 is 2.26 bits per heavy atom. The fourth-order valence-electron chi connectivity index (χ4n) is 2.37. The van der Waals surface area contributed by atoms with Crippen LogP contribution < -0.4 is 21.5 Å². The van der Waals surface area contributed by atoms with Crippen molar-refractivity contribution in [2.75, 3.05) is 13.2 Å². The van der Waals surface area contributed by atoms with Gasteiger partial charge >= 0.3 is 6.18 Å². The largest absolute Gasteiger partial charge is 1.00 e. The molecule has 0 unspecified atom stereocenters. The Balaban J connectivity index is 0.00000192. The van der Waals surface area contributed by atoms with Gasteiger partial charge in [0.25, 0.3) is 0 Å². The maximum absolute atomic E-state index is 12.6. The van der Waals surface area contributed by atoms with Crippen molar-refractivity contribution in [3.05, 3.63) is 65.5 Å². The summed E-state index contributed by atoms with van der Waals surface area (Å²) in [5, 5.41) is 0. The van der Waals surface area contributed by atoms with Crippen molar-refractivity contribution < 1.29 is 44.2 Å². The quantitative estimate of drug-likeness (QED) is 0.694. The number of pyridine rings is 1. The van der Waals surface area contributed by atoms with Gasteiger partial charge in [-0.1, -0.05) is 12.1 Å². The summed E-state index contributed by atoms with van der Waals surface area (Å²) in [4.78, 5) is 0. The van der Waals surface area contributed by atoms with Crippen LogP contribution in [0, 0.1) is 0 Å². The number of alkyl halides is 3. The Bertz CT molecular complexity index is 641. The maximum atomic E-state index is 12.6. The third kappa shape index (κ3) is 4.31. The molecule has 0 bridgehead atoms. The summed E-state index contributed by atoms with van der Waals surface area (Å²) < 4.78 is 50.6. The molecule has 0 aliphatic carbocycles. The first kappa shape index (κ1) is 17.9. The van der Waals surface area contributed by atoms with Gasteiger partial charge in [-0.25, -0.2) is 0 Å². The summed E-state index contributed by atoms with van der Waals surface area (Å²) in [6, 6.07) is 10.8. The predicted molar refractivity (Wildman–Crippen MR) is 71.8 cm³/mol. The molecular weight excluding hydrogens is 375 g/mol. The Hall–Kier alpha value is -1.44. The number of hydrogen-bond acceptors (Lipinski definition) is 2. The summed E-state index contributed by atoms with van der Waals surface area (Å²) in [5.41, 5.74) is 0.986. The van der Waals surface area contributed by atoms with Gasteiger partial charge in [0.2, 0.25) is 12.0 Å². The van der Waals surface area contributed by atoms with E-state index >= 15 is 0 Å². The average Bonchev–Trinajstić information content (AvgIpc) is 3.01. The standard InChI is InChI=1S/C16H15F3NO2.BrH/c17-16(18,19)13-6-4-12(5-7-13)11-20-8-2-1-3-14(20)15-21-9-10-22-15;/h1-8,15H,9-11H2;1H/q+1;/p-1. The van der Waals surface area contributed by atoms with E-state index in [2.05, 4.69) is 0 Å². The Morgan fingerprint density at radius 2 is 1.65 bits per heavy atom. The van der Waals surface area contributed by atoms with Gasteiger partial charge in [0.1, 0.15) is 0 Å². The highest BCUT2D eigenvalue weighted by Crippen LogP contribution is 2.29. The van der Waals surface area contributed by atoms with Crippen LogP contribution in [0.2, 0.25) is 0 Å². The minimum Gasteiger partial charge on any atom is -1.00 e. The van der Waals surface area contributed by atoms with Gasteiger partial charge in [-0.3, -0.25) is 0 Å². The summed E-state index contributed by atoms with van der Waals surface area (Å²) in [6.07, 6.45) is -2.87. The lowest BCUT2D eigenvalue weighted by atomic mass is 10.1. The maximum Gasteiger partial charge on any atom is 0.416 e. The van der Waals surface area contributed by atoms with Crippen LogP contribution in [0.15, 0.2) is 48.7 Å². The molecule has 1 aliphatic rings. The molecule has 2 heterocycles. The molecule has 1 aliphatic heterocycles. The molecule has 0 saturated carbocycles. The van der Waals surface area contributed by atoms with Crippen LogP contribution in [-0.4, -0.2) is 13.2 Å². The predicted octanol–water partition coefficient (Wildman–Crippen LogP) is 0.0906. The summed E-state index contributed by atoms with van der Waals surface area (Å²) in [5.74, 6) is 0. The summed E-state index contributed by atoms with van der Waals surface area (Å²) >= 11 is 0. The first-order valence-electron chi connectivity index (χ1n) is 6.92. The normalized spacial score (nSPS) is 15.4. The van der Waals surface area contributed by atoms with Crippen LogP contribution in [0.4, 0.5) is 13.2 Å². The van der Waals surface area contributed by atoms with Gasteiger partial charge in [-0.2, -0.15) is 17.7 Å². The molecule has 124 valence electrons. The second kappa shape index (κ2) is 7.42. The van der Waals surface area contributed by atoms with Gasteiger partial charge in [-0.15, -0.1) is 0 Å². The van der Waals surface area contributed by atoms with Gasteiger partial charge < -0.3 is 26.5 Å². The lowest BCUT2D eigenvalue weighted by molar-refractivity contribution is -0.701. The van der Waals surface area contributed by atoms with E-state index in [0.717, 1.165) is 23.4 Å². The highest BCUT2D eigenvalue weighted by molar-refractivity contribution is 5.24. The first-order valence-corrected chi connectivity index (χ1v) is 6.92. The van der Waals surface area contributed by atoms with Crippen molar-refractivity contribution in [2.45, 2.75) is 19.0 Å². The van der Waals surface area contributed by atoms with Crippen LogP contribution in [-0.2, 0) is 22.2 Å². The Morgan fingerprint density at radius 1 is 1.00 bits per heavy atom. The molecule has 3 rings (SSSR count). The Labute approximate surface area is 142 Å². The second-order valence-corrected chi connectivity index (χ2v) is 5.02. The van der Waals surface area contributed by atoms with E-state index in [1.807, 2.05) is 29.0 Å². The van der Waals surface area contributed by atoms with Crippen molar-refractivity contribution in [2.24, 2.45) is 0 Å². The zero-order valence-electron chi connectivity index (χ0n) is 12.1. The van der Waals surface area contributed by atoms with Gasteiger partial charge in [0.05, 0.1) is 18.8 Å². The highest BCUT2D eigenvalue weighted by Gasteiger charge is 2.30. The molecule has 0 spiro atoms. The van der Waals surface area contributed by atoms with E-state index in [0.29, 0.717) is 19.8 Å². The SMILES string of the molecule is FC(F)(F)c1ccc(C[n+]2ccccc2C2OCCO2)cc1.[Br-]. The molecule has 0 N–H and O–H groups in total. The molecular formula is C16H15BrF3NO2. The molecule has 2 aromatic rings. The van der Waals surface area contributed by atoms with E-state index in [-0.39, 0.29) is 17.0 Å². The fraction of sp³-hybridized carbons (Fsp3) is 0.312. The van der Waals surface area contributed by atoms with Crippen LogP contribution in [0.25, 0.3) is 0 Å². The van der Waals surface area contributed by atoms with E-state index in [4.69, 9.17) is 9.47 Å². The summed E-state index contributed by atoms with van der Waals surface area (Å²) in [6.45, 7) is 1.54. The fourth-order valence-corrected chi connectivity index (χ4v) is 2.37. The third-order valence-electron chi connectivity index (χ3n) is 3.47. The van der Waals surface area contributed by atoms with Crippen LogP contribution in [0.3, 0.4) is 0 Å². The van der Waals surface area contributed by atoms with Gasteiger partial charge in [-0.05, 0) is 18.2 Å². The van der Waals surface area contributed by atoms with Crippen LogP contribution in [0.5, 0.6) is 0 Å². The molecule has 0 amide bonds. The van der Waals surface area contributed by atoms with Crippen molar-refractivity contribution in [3.8, 4) is 0 Å². The molecule has 3 nitrogen and oxygen atoms in total. The van der Waals surface area contributed by atoms with E-state index in [1.54, 1.807) is 0 Å². The van der Waals surface area contributed by atoms with Crippen molar-refractivity contribution in [1.29, 1.82) is 0 Å². The first-order chi connectivity index (χ1) is 10.5. The number of aromatic nitrogens is 1. The van der Waals surface area contributed by atoms with Crippen molar-refractivity contribution in [1.82, 2.24) is 0 Å². The summed E-state index contributed by atoms with van der Waals surface area (Å²) in [7, 11) is 0. The minimum atomic E-state index is -4.31. The number of nitrogens with zero attached hydrogens (tertiary/aromatic N) is 1.